The number of nitrogens with zero attached hydrogens (tertiary/aromatic N) is 3. The fraction of sp³-hybridized carbons (Fsp3) is 0.667. The Hall–Kier alpha value is -1.27. The van der Waals surface area contributed by atoms with Crippen molar-refractivity contribution in [3.8, 4) is 0 Å². The molecular formula is C18H28N4OS. The van der Waals surface area contributed by atoms with E-state index in [0.29, 0.717) is 24.3 Å². The van der Waals surface area contributed by atoms with E-state index in [1.54, 1.807) is 0 Å². The molecule has 0 radical (unpaired) electrons. The number of aromatic nitrogens is 2. The molecule has 3 rings (SSSR count). The van der Waals surface area contributed by atoms with Crippen LogP contribution in [0.25, 0.3) is 0 Å². The molecule has 1 fully saturated rings. The third-order valence-corrected chi connectivity index (χ3v) is 5.66. The quantitative estimate of drug-likeness (QED) is 0.828. The number of thioether (sulfide) groups is 1. The monoisotopic (exact) mass is 348 g/mol. The molecule has 1 saturated heterocycles. The minimum atomic E-state index is 0.111. The van der Waals surface area contributed by atoms with E-state index in [-0.39, 0.29) is 5.91 Å². The summed E-state index contributed by atoms with van der Waals surface area (Å²) in [7, 11) is 0. The second kappa shape index (κ2) is 7.74. The van der Waals surface area contributed by atoms with Crippen LogP contribution in [0.1, 0.15) is 42.0 Å². The van der Waals surface area contributed by atoms with Gasteiger partial charge in [-0.15, -0.1) is 6.58 Å². The van der Waals surface area contributed by atoms with Crippen molar-refractivity contribution in [1.29, 1.82) is 0 Å². The molecule has 1 aromatic heterocycles. The Morgan fingerprint density at radius 2 is 2.21 bits per heavy atom. The van der Waals surface area contributed by atoms with Crippen LogP contribution < -0.4 is 5.32 Å². The van der Waals surface area contributed by atoms with Gasteiger partial charge in [-0.05, 0) is 19.3 Å². The van der Waals surface area contributed by atoms with E-state index in [2.05, 4.69) is 30.8 Å². The zero-order chi connectivity index (χ0) is 17.1. The number of rotatable bonds is 5. The molecule has 0 spiro atoms. The van der Waals surface area contributed by atoms with Crippen LogP contribution in [0.3, 0.4) is 0 Å². The number of amides is 1. The molecule has 6 heteroatoms. The summed E-state index contributed by atoms with van der Waals surface area (Å²) < 4.78 is 1.99. The highest BCUT2D eigenvalue weighted by Crippen LogP contribution is 2.27. The Balaban J connectivity index is 1.88. The summed E-state index contributed by atoms with van der Waals surface area (Å²) in [5, 5.41) is 8.31. The van der Waals surface area contributed by atoms with Gasteiger partial charge in [0.25, 0.3) is 5.91 Å². The van der Waals surface area contributed by atoms with Crippen molar-refractivity contribution in [3.05, 3.63) is 29.6 Å². The molecular weight excluding hydrogens is 320 g/mol. The minimum Gasteiger partial charge on any atom is -0.336 e. The van der Waals surface area contributed by atoms with Crippen molar-refractivity contribution >= 4 is 17.7 Å². The van der Waals surface area contributed by atoms with Crippen LogP contribution in [0.15, 0.2) is 12.7 Å². The standard InChI is InChI=1S/C18H28N4OS/c1-4-7-22-16-6-5-14(19-13(2)3)12-15(16)17(20-22)18(23)21-8-10-24-11-9-21/h4,13-14,19H,1,5-12H2,2-3H3. The fourth-order valence-electron chi connectivity index (χ4n) is 3.66. The zero-order valence-electron chi connectivity index (χ0n) is 14.8. The predicted molar refractivity (Wildman–Crippen MR) is 99.7 cm³/mol. The van der Waals surface area contributed by atoms with Crippen LogP contribution in [-0.2, 0) is 19.4 Å². The molecule has 1 amide bonds. The van der Waals surface area contributed by atoms with Crippen LogP contribution >= 0.6 is 11.8 Å². The van der Waals surface area contributed by atoms with Crippen LogP contribution in [-0.4, -0.2) is 57.3 Å². The summed E-state index contributed by atoms with van der Waals surface area (Å²) in [6.07, 6.45) is 4.83. The van der Waals surface area contributed by atoms with Gasteiger partial charge < -0.3 is 10.2 Å². The Morgan fingerprint density at radius 1 is 1.46 bits per heavy atom. The normalized spacial score (nSPS) is 21.0. The summed E-state index contributed by atoms with van der Waals surface area (Å²) >= 11 is 1.92. The average molecular weight is 349 g/mol. The first-order valence-electron chi connectivity index (χ1n) is 8.92. The number of carbonyl (C=O) groups excluding carboxylic acids is 1. The smallest absolute Gasteiger partial charge is 0.274 e. The lowest BCUT2D eigenvalue weighted by Gasteiger charge is -2.28. The summed E-state index contributed by atoms with van der Waals surface area (Å²) in [4.78, 5) is 15.0. The van der Waals surface area contributed by atoms with Crippen LogP contribution in [0.5, 0.6) is 0 Å². The van der Waals surface area contributed by atoms with Crippen LogP contribution in [0.2, 0.25) is 0 Å². The van der Waals surface area contributed by atoms with Gasteiger partial charge in [-0.3, -0.25) is 9.48 Å². The van der Waals surface area contributed by atoms with Gasteiger partial charge >= 0.3 is 0 Å². The highest BCUT2D eigenvalue weighted by Gasteiger charge is 2.31. The van der Waals surface area contributed by atoms with Gasteiger partial charge in [0.05, 0.1) is 6.54 Å². The summed E-state index contributed by atoms with van der Waals surface area (Å²) in [5.74, 6) is 2.16. The topological polar surface area (TPSA) is 50.2 Å². The summed E-state index contributed by atoms with van der Waals surface area (Å²) in [6.45, 7) is 10.5. The molecule has 1 aliphatic heterocycles. The van der Waals surface area contributed by atoms with E-state index < -0.39 is 0 Å². The van der Waals surface area contributed by atoms with Crippen molar-refractivity contribution in [2.45, 2.75) is 51.7 Å². The van der Waals surface area contributed by atoms with Gasteiger partial charge in [-0.25, -0.2) is 0 Å². The first-order valence-corrected chi connectivity index (χ1v) is 10.1. The van der Waals surface area contributed by atoms with Gasteiger partial charge in [0.2, 0.25) is 0 Å². The number of hydrogen-bond donors (Lipinski definition) is 1. The minimum absolute atomic E-state index is 0.111. The van der Waals surface area contributed by atoms with Crippen molar-refractivity contribution in [2.75, 3.05) is 24.6 Å². The van der Waals surface area contributed by atoms with E-state index in [0.717, 1.165) is 49.4 Å². The lowest BCUT2D eigenvalue weighted by molar-refractivity contribution is 0.0764. The lowest BCUT2D eigenvalue weighted by atomic mass is 9.90. The van der Waals surface area contributed by atoms with E-state index in [4.69, 9.17) is 0 Å². The second-order valence-electron chi connectivity index (χ2n) is 6.91. The molecule has 0 bridgehead atoms. The van der Waals surface area contributed by atoms with E-state index in [1.165, 1.54) is 5.69 Å². The van der Waals surface area contributed by atoms with Crippen molar-refractivity contribution < 1.29 is 4.79 Å². The molecule has 2 heterocycles. The second-order valence-corrected chi connectivity index (χ2v) is 8.14. The number of hydrogen-bond acceptors (Lipinski definition) is 4. The Labute approximate surface area is 148 Å². The van der Waals surface area contributed by atoms with E-state index in [9.17, 15) is 4.79 Å². The number of allylic oxidation sites excluding steroid dienone is 1. The maximum Gasteiger partial charge on any atom is 0.274 e. The van der Waals surface area contributed by atoms with Gasteiger partial charge in [0.1, 0.15) is 0 Å². The van der Waals surface area contributed by atoms with Crippen LogP contribution in [0, 0.1) is 0 Å². The van der Waals surface area contributed by atoms with E-state index in [1.807, 2.05) is 27.4 Å². The van der Waals surface area contributed by atoms with Gasteiger partial charge in [-0.1, -0.05) is 19.9 Å². The summed E-state index contributed by atoms with van der Waals surface area (Å²) in [5.41, 5.74) is 3.06. The molecule has 2 aliphatic rings. The maximum atomic E-state index is 13.0. The van der Waals surface area contributed by atoms with Crippen LogP contribution in [0.4, 0.5) is 0 Å². The molecule has 1 unspecified atom stereocenters. The molecule has 0 saturated carbocycles. The fourth-order valence-corrected chi connectivity index (χ4v) is 4.57. The molecule has 5 nitrogen and oxygen atoms in total. The molecule has 0 aromatic carbocycles. The van der Waals surface area contributed by atoms with Gasteiger partial charge in [-0.2, -0.15) is 16.9 Å². The highest BCUT2D eigenvalue weighted by molar-refractivity contribution is 7.99. The molecule has 1 atom stereocenters. The Kier molecular flexibility index (Phi) is 5.66. The number of nitrogens with one attached hydrogen (secondary N) is 1. The lowest BCUT2D eigenvalue weighted by Crippen LogP contribution is -2.41. The Bertz CT molecular complexity index is 604. The zero-order valence-corrected chi connectivity index (χ0v) is 15.6. The summed E-state index contributed by atoms with van der Waals surface area (Å²) in [6, 6.07) is 0.889. The van der Waals surface area contributed by atoms with Gasteiger partial charge in [0.15, 0.2) is 5.69 Å². The first kappa shape index (κ1) is 17.5. The maximum absolute atomic E-state index is 13.0. The number of carbonyl (C=O) groups is 1. The van der Waals surface area contributed by atoms with Crippen molar-refractivity contribution in [2.24, 2.45) is 0 Å². The molecule has 1 N–H and O–H groups in total. The third-order valence-electron chi connectivity index (χ3n) is 4.72. The number of fused-ring (bicyclic) bond motifs is 1. The average Bonchev–Trinajstić information content (AvgIpc) is 2.93. The van der Waals surface area contributed by atoms with Gasteiger partial charge in [0, 0.05) is 47.9 Å². The van der Waals surface area contributed by atoms with E-state index >= 15 is 0 Å². The Morgan fingerprint density at radius 3 is 2.88 bits per heavy atom. The first-order chi connectivity index (χ1) is 11.6. The SMILES string of the molecule is C=CCn1nc(C(=O)N2CCSCC2)c2c1CCC(NC(C)C)C2. The molecule has 1 aliphatic carbocycles. The third kappa shape index (κ3) is 3.70. The molecule has 1 aromatic rings. The molecule has 24 heavy (non-hydrogen) atoms. The highest BCUT2D eigenvalue weighted by atomic mass is 32.2. The largest absolute Gasteiger partial charge is 0.336 e. The van der Waals surface area contributed by atoms with Crippen molar-refractivity contribution in [1.82, 2.24) is 20.0 Å². The van der Waals surface area contributed by atoms with Crippen molar-refractivity contribution in [3.63, 3.8) is 0 Å². The molecule has 132 valence electrons. The predicted octanol–water partition coefficient (Wildman–Crippen LogP) is 2.11.